The molecule has 3 aromatic carbocycles. The van der Waals surface area contributed by atoms with Crippen LogP contribution in [0.2, 0.25) is 0 Å². The first-order valence-electron chi connectivity index (χ1n) is 6.74. The lowest BCUT2D eigenvalue weighted by Gasteiger charge is -2.11. The van der Waals surface area contributed by atoms with Gasteiger partial charge in [-0.2, -0.15) is 0 Å². The van der Waals surface area contributed by atoms with Gasteiger partial charge >= 0.3 is 0 Å². The van der Waals surface area contributed by atoms with Crippen molar-refractivity contribution in [2.75, 3.05) is 10.6 Å². The van der Waals surface area contributed by atoms with Crippen molar-refractivity contribution < 1.29 is 0 Å². The van der Waals surface area contributed by atoms with Crippen LogP contribution in [0.3, 0.4) is 0 Å². The van der Waals surface area contributed by atoms with Crippen LogP contribution in [0.4, 0.5) is 22.7 Å². The number of halogens is 1. The summed E-state index contributed by atoms with van der Waals surface area (Å²) in [6.45, 7) is 0. The standard InChI is InChI=1S/C18H15BrN2/c19-14-11-17(20-15-7-3-1-4-8-15)13-18(12-14)21-16-9-5-2-6-10-16/h1-13,20-21H. The normalized spacial score (nSPS) is 10.1. The highest BCUT2D eigenvalue weighted by Crippen LogP contribution is 2.27. The van der Waals surface area contributed by atoms with Crippen LogP contribution in [-0.2, 0) is 0 Å². The molecule has 0 saturated heterocycles. The van der Waals surface area contributed by atoms with Gasteiger partial charge in [-0.25, -0.2) is 0 Å². The van der Waals surface area contributed by atoms with Gasteiger partial charge in [0, 0.05) is 27.2 Å². The summed E-state index contributed by atoms with van der Waals surface area (Å²) in [6.07, 6.45) is 0. The molecular weight excluding hydrogens is 324 g/mol. The van der Waals surface area contributed by atoms with E-state index < -0.39 is 0 Å². The van der Waals surface area contributed by atoms with Gasteiger partial charge in [0.05, 0.1) is 0 Å². The summed E-state index contributed by atoms with van der Waals surface area (Å²) in [6, 6.07) is 26.5. The lowest BCUT2D eigenvalue weighted by molar-refractivity contribution is 1.50. The van der Waals surface area contributed by atoms with E-state index in [0.29, 0.717) is 0 Å². The molecule has 0 radical (unpaired) electrons. The lowest BCUT2D eigenvalue weighted by atomic mass is 10.2. The average Bonchev–Trinajstić information content (AvgIpc) is 2.48. The molecule has 104 valence electrons. The van der Waals surface area contributed by atoms with Crippen molar-refractivity contribution in [3.63, 3.8) is 0 Å². The Morgan fingerprint density at radius 2 is 0.952 bits per heavy atom. The number of hydrogen-bond donors (Lipinski definition) is 2. The first-order valence-corrected chi connectivity index (χ1v) is 7.54. The highest BCUT2D eigenvalue weighted by molar-refractivity contribution is 9.10. The van der Waals surface area contributed by atoms with E-state index in [2.05, 4.69) is 44.8 Å². The molecule has 0 bridgehead atoms. The SMILES string of the molecule is Brc1cc(Nc2ccccc2)cc(Nc2ccccc2)c1. The van der Waals surface area contributed by atoms with E-state index in [1.807, 2.05) is 60.7 Å². The quantitative estimate of drug-likeness (QED) is 0.615. The van der Waals surface area contributed by atoms with Crippen molar-refractivity contribution in [2.45, 2.75) is 0 Å². The molecule has 21 heavy (non-hydrogen) atoms. The summed E-state index contributed by atoms with van der Waals surface area (Å²) in [5.74, 6) is 0. The third-order valence-corrected chi connectivity index (χ3v) is 3.48. The van der Waals surface area contributed by atoms with E-state index in [1.165, 1.54) is 0 Å². The molecular formula is C18H15BrN2. The summed E-state index contributed by atoms with van der Waals surface area (Å²) in [5, 5.41) is 6.80. The molecule has 2 N–H and O–H groups in total. The van der Waals surface area contributed by atoms with Crippen molar-refractivity contribution in [1.29, 1.82) is 0 Å². The predicted molar refractivity (Wildman–Crippen MR) is 93.6 cm³/mol. The fourth-order valence-corrected chi connectivity index (χ4v) is 2.60. The van der Waals surface area contributed by atoms with E-state index in [0.717, 1.165) is 27.2 Å². The smallest absolute Gasteiger partial charge is 0.0416 e. The zero-order chi connectivity index (χ0) is 14.5. The molecule has 0 aliphatic carbocycles. The van der Waals surface area contributed by atoms with Gasteiger partial charge < -0.3 is 10.6 Å². The van der Waals surface area contributed by atoms with Crippen molar-refractivity contribution in [3.05, 3.63) is 83.3 Å². The minimum Gasteiger partial charge on any atom is -0.355 e. The van der Waals surface area contributed by atoms with E-state index in [1.54, 1.807) is 0 Å². The molecule has 0 saturated carbocycles. The van der Waals surface area contributed by atoms with Gasteiger partial charge in [-0.3, -0.25) is 0 Å². The fourth-order valence-electron chi connectivity index (χ4n) is 2.11. The van der Waals surface area contributed by atoms with Crippen LogP contribution in [0.25, 0.3) is 0 Å². The third kappa shape index (κ3) is 3.86. The highest BCUT2D eigenvalue weighted by atomic mass is 79.9. The molecule has 0 fully saturated rings. The number of rotatable bonds is 4. The number of anilines is 4. The number of nitrogens with one attached hydrogen (secondary N) is 2. The number of hydrogen-bond acceptors (Lipinski definition) is 2. The van der Waals surface area contributed by atoms with Gasteiger partial charge in [0.2, 0.25) is 0 Å². The molecule has 0 aliphatic rings. The maximum Gasteiger partial charge on any atom is 0.0416 e. The summed E-state index contributed by atoms with van der Waals surface area (Å²) < 4.78 is 1.03. The summed E-state index contributed by atoms with van der Waals surface area (Å²) in [4.78, 5) is 0. The molecule has 2 nitrogen and oxygen atoms in total. The summed E-state index contributed by atoms with van der Waals surface area (Å²) in [7, 11) is 0. The Kier molecular flexibility index (Phi) is 4.22. The lowest BCUT2D eigenvalue weighted by Crippen LogP contribution is -1.94. The topological polar surface area (TPSA) is 24.1 Å². The Balaban J connectivity index is 1.83. The summed E-state index contributed by atoms with van der Waals surface area (Å²) >= 11 is 3.56. The Labute approximate surface area is 133 Å². The van der Waals surface area contributed by atoms with Gasteiger partial charge in [-0.15, -0.1) is 0 Å². The zero-order valence-electron chi connectivity index (χ0n) is 11.4. The van der Waals surface area contributed by atoms with Gasteiger partial charge in [0.1, 0.15) is 0 Å². The molecule has 3 aromatic rings. The van der Waals surface area contributed by atoms with Crippen LogP contribution in [0, 0.1) is 0 Å². The average molecular weight is 339 g/mol. The van der Waals surface area contributed by atoms with Crippen molar-refractivity contribution >= 4 is 38.7 Å². The molecule has 3 rings (SSSR count). The van der Waals surface area contributed by atoms with Crippen molar-refractivity contribution in [2.24, 2.45) is 0 Å². The Bertz CT molecular complexity index is 652. The van der Waals surface area contributed by atoms with E-state index in [4.69, 9.17) is 0 Å². The van der Waals surface area contributed by atoms with Crippen LogP contribution < -0.4 is 10.6 Å². The van der Waals surface area contributed by atoms with Crippen molar-refractivity contribution in [1.82, 2.24) is 0 Å². The molecule has 0 unspecified atom stereocenters. The molecule has 0 spiro atoms. The molecule has 0 atom stereocenters. The Hall–Kier alpha value is -2.26. The van der Waals surface area contributed by atoms with Gasteiger partial charge in [0.15, 0.2) is 0 Å². The summed E-state index contributed by atoms with van der Waals surface area (Å²) in [5.41, 5.74) is 4.21. The maximum atomic E-state index is 3.56. The minimum absolute atomic E-state index is 1.03. The van der Waals surface area contributed by atoms with Gasteiger partial charge in [-0.1, -0.05) is 52.3 Å². The largest absolute Gasteiger partial charge is 0.355 e. The van der Waals surface area contributed by atoms with Crippen molar-refractivity contribution in [3.8, 4) is 0 Å². The molecule has 0 aromatic heterocycles. The number of benzene rings is 3. The van der Waals surface area contributed by atoms with Gasteiger partial charge in [-0.05, 0) is 42.5 Å². The van der Waals surface area contributed by atoms with E-state index in [9.17, 15) is 0 Å². The fraction of sp³-hybridized carbons (Fsp3) is 0. The molecule has 0 amide bonds. The van der Waals surface area contributed by atoms with E-state index >= 15 is 0 Å². The molecule has 0 heterocycles. The molecule has 0 aliphatic heterocycles. The van der Waals surface area contributed by atoms with Crippen LogP contribution in [0.5, 0.6) is 0 Å². The maximum absolute atomic E-state index is 3.56. The first kappa shape index (κ1) is 13.7. The van der Waals surface area contributed by atoms with Crippen LogP contribution in [0.15, 0.2) is 83.3 Å². The van der Waals surface area contributed by atoms with E-state index in [-0.39, 0.29) is 0 Å². The second kappa shape index (κ2) is 6.46. The van der Waals surface area contributed by atoms with Crippen LogP contribution in [-0.4, -0.2) is 0 Å². The zero-order valence-corrected chi connectivity index (χ0v) is 13.0. The second-order valence-corrected chi connectivity index (χ2v) is 5.63. The monoisotopic (exact) mass is 338 g/mol. The third-order valence-electron chi connectivity index (χ3n) is 3.02. The number of para-hydroxylation sites is 2. The second-order valence-electron chi connectivity index (χ2n) is 4.71. The molecule has 3 heteroatoms. The highest BCUT2D eigenvalue weighted by Gasteiger charge is 2.01. The van der Waals surface area contributed by atoms with Gasteiger partial charge in [0.25, 0.3) is 0 Å². The van der Waals surface area contributed by atoms with Crippen LogP contribution in [0.1, 0.15) is 0 Å². The first-order chi connectivity index (χ1) is 10.3. The van der Waals surface area contributed by atoms with Crippen LogP contribution >= 0.6 is 15.9 Å². The predicted octanol–water partition coefficient (Wildman–Crippen LogP) is 5.94. The Morgan fingerprint density at radius 3 is 1.38 bits per heavy atom. The minimum atomic E-state index is 1.03. The Morgan fingerprint density at radius 1 is 0.524 bits per heavy atom.